The van der Waals surface area contributed by atoms with Crippen LogP contribution in [0.25, 0.3) is 0 Å². The molecule has 0 spiro atoms. The number of nitrogens with one attached hydrogen (secondary N) is 2. The first-order chi connectivity index (χ1) is 16.3. The molecule has 1 aromatic carbocycles. The van der Waals surface area contributed by atoms with Crippen LogP contribution in [0.3, 0.4) is 0 Å². The number of sulfonamides is 1. The van der Waals surface area contributed by atoms with E-state index >= 15 is 4.39 Å². The zero-order chi connectivity index (χ0) is 24.3. The Morgan fingerprint density at radius 2 is 2.09 bits per heavy atom. The molecule has 13 heteroatoms. The topological polar surface area (TPSA) is 124 Å². The normalized spacial score (nSPS) is 19.6. The highest BCUT2D eigenvalue weighted by Crippen LogP contribution is 2.28. The molecule has 0 bridgehead atoms. The number of aromatic nitrogens is 1. The number of ether oxygens (including phenoxy) is 1. The molecule has 34 heavy (non-hydrogen) atoms. The van der Waals surface area contributed by atoms with Crippen molar-refractivity contribution in [3.63, 3.8) is 0 Å². The van der Waals surface area contributed by atoms with Crippen LogP contribution >= 0.6 is 0 Å². The standard InChI is InChI=1S/C21H25FN6O5S/c1-15(29)24-13-17-14-27(21(30)33-17)16-5-6-19(18(22)12-16)26-9-8-25-28(11-10-26)34(31,32)20-4-2-3-7-23-20/h2-7,12,17,25H,8-11,13-14H2,1H3,(H,24,29)/t17-/m0/s1. The number of anilines is 2. The van der Waals surface area contributed by atoms with Crippen LogP contribution in [0.15, 0.2) is 47.6 Å². The molecule has 2 aromatic rings. The van der Waals surface area contributed by atoms with Crippen molar-refractivity contribution in [2.24, 2.45) is 0 Å². The van der Waals surface area contributed by atoms with Gasteiger partial charge in [0.2, 0.25) is 5.91 Å². The van der Waals surface area contributed by atoms with Gasteiger partial charge in [0.15, 0.2) is 5.03 Å². The number of hydrazine groups is 1. The van der Waals surface area contributed by atoms with Crippen molar-refractivity contribution in [3.05, 3.63) is 48.4 Å². The maximum Gasteiger partial charge on any atom is 0.414 e. The Labute approximate surface area is 196 Å². The Morgan fingerprint density at radius 1 is 1.26 bits per heavy atom. The zero-order valence-electron chi connectivity index (χ0n) is 18.5. The molecule has 0 saturated carbocycles. The average molecular weight is 493 g/mol. The Hall–Kier alpha value is -3.29. The zero-order valence-corrected chi connectivity index (χ0v) is 19.3. The van der Waals surface area contributed by atoms with E-state index in [4.69, 9.17) is 4.74 Å². The second kappa shape index (κ2) is 9.91. The Kier molecular flexibility index (Phi) is 6.95. The summed E-state index contributed by atoms with van der Waals surface area (Å²) in [5.41, 5.74) is 3.50. The van der Waals surface area contributed by atoms with Crippen molar-refractivity contribution < 1.29 is 27.1 Å². The van der Waals surface area contributed by atoms with E-state index in [1.54, 1.807) is 29.2 Å². The van der Waals surface area contributed by atoms with Gasteiger partial charge in [-0.15, -0.1) is 4.41 Å². The Morgan fingerprint density at radius 3 is 2.79 bits per heavy atom. The number of rotatable bonds is 6. The summed E-state index contributed by atoms with van der Waals surface area (Å²) in [6, 6.07) is 9.07. The van der Waals surface area contributed by atoms with Crippen molar-refractivity contribution in [2.45, 2.75) is 18.1 Å². The van der Waals surface area contributed by atoms with Gasteiger partial charge in [-0.05, 0) is 30.3 Å². The molecule has 0 radical (unpaired) electrons. The van der Waals surface area contributed by atoms with Gasteiger partial charge in [0.1, 0.15) is 11.9 Å². The summed E-state index contributed by atoms with van der Waals surface area (Å²) in [4.78, 5) is 30.2. The fraction of sp³-hybridized carbons (Fsp3) is 0.381. The summed E-state index contributed by atoms with van der Waals surface area (Å²) >= 11 is 0. The molecule has 0 unspecified atom stereocenters. The predicted octanol–water partition coefficient (Wildman–Crippen LogP) is 0.697. The van der Waals surface area contributed by atoms with Gasteiger partial charge >= 0.3 is 6.09 Å². The fourth-order valence-electron chi connectivity index (χ4n) is 3.79. The lowest BCUT2D eigenvalue weighted by Gasteiger charge is -2.24. The third-order valence-corrected chi connectivity index (χ3v) is 7.13. The summed E-state index contributed by atoms with van der Waals surface area (Å²) in [6.45, 7) is 2.71. The van der Waals surface area contributed by atoms with Gasteiger partial charge in [0.05, 0.1) is 24.5 Å². The van der Waals surface area contributed by atoms with Gasteiger partial charge < -0.3 is 15.0 Å². The van der Waals surface area contributed by atoms with Crippen LogP contribution in [-0.4, -0.2) is 75.2 Å². The molecule has 2 saturated heterocycles. The molecule has 3 heterocycles. The molecule has 0 aliphatic carbocycles. The number of nitrogens with zero attached hydrogens (tertiary/aromatic N) is 4. The molecule has 1 aromatic heterocycles. The molecule has 1 atom stereocenters. The molecule has 2 aliphatic heterocycles. The van der Waals surface area contributed by atoms with Crippen molar-refractivity contribution in [1.29, 1.82) is 0 Å². The van der Waals surface area contributed by atoms with Gasteiger partial charge in [-0.2, -0.15) is 0 Å². The van der Waals surface area contributed by atoms with E-state index in [-0.39, 0.29) is 43.7 Å². The van der Waals surface area contributed by atoms with Gasteiger partial charge in [-0.1, -0.05) is 6.07 Å². The monoisotopic (exact) mass is 492 g/mol. The van der Waals surface area contributed by atoms with E-state index in [2.05, 4.69) is 15.7 Å². The van der Waals surface area contributed by atoms with Crippen LogP contribution < -0.4 is 20.5 Å². The van der Waals surface area contributed by atoms with Gasteiger partial charge in [-0.3, -0.25) is 9.69 Å². The van der Waals surface area contributed by atoms with Crippen molar-refractivity contribution in [1.82, 2.24) is 20.1 Å². The van der Waals surface area contributed by atoms with E-state index in [1.165, 1.54) is 30.2 Å². The number of hydrogen-bond acceptors (Lipinski definition) is 8. The molecular formula is C21H25FN6O5S. The Bertz CT molecular complexity index is 1170. The minimum atomic E-state index is -3.83. The predicted molar refractivity (Wildman–Crippen MR) is 121 cm³/mol. The van der Waals surface area contributed by atoms with Crippen molar-refractivity contribution in [2.75, 3.05) is 49.1 Å². The number of halogens is 1. The van der Waals surface area contributed by atoms with Crippen LogP contribution in [0.1, 0.15) is 6.92 Å². The summed E-state index contributed by atoms with van der Waals surface area (Å²) < 4.78 is 47.0. The summed E-state index contributed by atoms with van der Waals surface area (Å²) in [6.07, 6.45) is 0.270. The smallest absolute Gasteiger partial charge is 0.414 e. The summed E-state index contributed by atoms with van der Waals surface area (Å²) in [5, 5.41) is 2.53. The maximum atomic E-state index is 15.1. The summed E-state index contributed by atoms with van der Waals surface area (Å²) in [5.74, 6) is -0.778. The second-order valence-electron chi connectivity index (χ2n) is 7.83. The molecule has 11 nitrogen and oxygen atoms in total. The second-order valence-corrected chi connectivity index (χ2v) is 9.64. The lowest BCUT2D eigenvalue weighted by Crippen LogP contribution is -2.43. The van der Waals surface area contributed by atoms with E-state index in [9.17, 15) is 18.0 Å². The number of cyclic esters (lactones) is 1. The van der Waals surface area contributed by atoms with Crippen molar-refractivity contribution in [3.8, 4) is 0 Å². The number of amides is 2. The Balaban J connectivity index is 1.43. The largest absolute Gasteiger partial charge is 0.442 e. The minimum absolute atomic E-state index is 0.0687. The molecule has 2 amide bonds. The van der Waals surface area contributed by atoms with Crippen LogP contribution in [0.4, 0.5) is 20.6 Å². The molecule has 4 rings (SSSR count). The highest BCUT2D eigenvalue weighted by Gasteiger charge is 2.33. The number of pyridine rings is 1. The number of carbonyl (C=O) groups excluding carboxylic acids is 2. The van der Waals surface area contributed by atoms with Crippen LogP contribution in [0, 0.1) is 5.82 Å². The number of hydrogen-bond donors (Lipinski definition) is 2. The summed E-state index contributed by atoms with van der Waals surface area (Å²) in [7, 11) is -3.83. The highest BCUT2D eigenvalue weighted by atomic mass is 32.2. The first-order valence-corrected chi connectivity index (χ1v) is 12.1. The van der Waals surface area contributed by atoms with Crippen molar-refractivity contribution >= 4 is 33.4 Å². The van der Waals surface area contributed by atoms with Crippen LogP contribution in [0.2, 0.25) is 0 Å². The molecule has 2 fully saturated rings. The third-order valence-electron chi connectivity index (χ3n) is 5.47. The first kappa shape index (κ1) is 23.9. The van der Waals surface area contributed by atoms with Crippen LogP contribution in [0.5, 0.6) is 0 Å². The minimum Gasteiger partial charge on any atom is -0.442 e. The van der Waals surface area contributed by atoms with E-state index < -0.39 is 28.0 Å². The van der Waals surface area contributed by atoms with Crippen LogP contribution in [-0.2, 0) is 19.6 Å². The van der Waals surface area contributed by atoms with Gasteiger partial charge in [0, 0.05) is 39.3 Å². The third kappa shape index (κ3) is 5.11. The highest BCUT2D eigenvalue weighted by molar-refractivity contribution is 7.89. The average Bonchev–Trinajstić information content (AvgIpc) is 3.02. The number of carbonyl (C=O) groups is 2. The first-order valence-electron chi connectivity index (χ1n) is 10.7. The quantitative estimate of drug-likeness (QED) is 0.604. The fourth-order valence-corrected chi connectivity index (χ4v) is 5.04. The van der Waals surface area contributed by atoms with E-state index in [0.717, 1.165) is 4.41 Å². The molecular weight excluding hydrogens is 467 g/mol. The van der Waals surface area contributed by atoms with E-state index in [1.807, 2.05) is 0 Å². The molecule has 2 aliphatic rings. The molecule has 182 valence electrons. The lowest BCUT2D eigenvalue weighted by molar-refractivity contribution is -0.119. The molecule has 2 N–H and O–H groups in total. The van der Waals surface area contributed by atoms with Gasteiger partial charge in [0.25, 0.3) is 10.0 Å². The lowest BCUT2D eigenvalue weighted by atomic mass is 10.2. The SMILES string of the molecule is CC(=O)NC[C@H]1CN(c2ccc(N3CCNN(S(=O)(=O)c4ccccn4)CC3)c(F)c2)C(=O)O1. The van der Waals surface area contributed by atoms with Gasteiger partial charge in [-0.25, -0.2) is 28.0 Å². The maximum absolute atomic E-state index is 15.1. The number of benzene rings is 1. The van der Waals surface area contributed by atoms with E-state index in [0.29, 0.717) is 17.9 Å².